The van der Waals surface area contributed by atoms with E-state index in [2.05, 4.69) is 10.3 Å². The van der Waals surface area contributed by atoms with Crippen LogP contribution in [0.15, 0.2) is 71.5 Å². The van der Waals surface area contributed by atoms with Gasteiger partial charge in [-0.05, 0) is 24.3 Å². The van der Waals surface area contributed by atoms with E-state index >= 15 is 0 Å². The van der Waals surface area contributed by atoms with E-state index in [0.717, 1.165) is 5.56 Å². The maximum atomic E-state index is 13.0. The monoisotopic (exact) mass is 363 g/mol. The van der Waals surface area contributed by atoms with Gasteiger partial charge in [0.2, 0.25) is 12.0 Å². The third-order valence-corrected chi connectivity index (χ3v) is 4.19. The first-order valence-corrected chi connectivity index (χ1v) is 8.49. The Hall–Kier alpha value is -3.61. The zero-order chi connectivity index (χ0) is 18.6. The van der Waals surface area contributed by atoms with Gasteiger partial charge in [-0.15, -0.1) is 0 Å². The van der Waals surface area contributed by atoms with Crippen molar-refractivity contribution in [1.82, 2.24) is 10.3 Å². The van der Waals surface area contributed by atoms with Crippen LogP contribution in [0.4, 0.5) is 5.82 Å². The van der Waals surface area contributed by atoms with Crippen LogP contribution in [0.2, 0.25) is 0 Å². The van der Waals surface area contributed by atoms with Gasteiger partial charge in [0.15, 0.2) is 11.6 Å². The highest BCUT2D eigenvalue weighted by Crippen LogP contribution is 2.36. The molecule has 2 aromatic heterocycles. The Bertz CT molecular complexity index is 941. The van der Waals surface area contributed by atoms with E-state index in [1.165, 1.54) is 11.2 Å². The van der Waals surface area contributed by atoms with Crippen molar-refractivity contribution in [2.75, 3.05) is 11.4 Å². The number of carbonyl (C=O) groups excluding carboxylic acids is 2. The number of furan rings is 1. The van der Waals surface area contributed by atoms with Gasteiger partial charge in [-0.25, -0.2) is 4.98 Å². The van der Waals surface area contributed by atoms with Crippen molar-refractivity contribution in [3.8, 4) is 5.75 Å². The van der Waals surface area contributed by atoms with Gasteiger partial charge in [0.05, 0.1) is 12.8 Å². The first-order chi connectivity index (χ1) is 13.2. The minimum absolute atomic E-state index is 0.156. The van der Waals surface area contributed by atoms with Crippen molar-refractivity contribution in [1.29, 1.82) is 0 Å². The number of rotatable bonds is 5. The van der Waals surface area contributed by atoms with Crippen molar-refractivity contribution >= 4 is 17.6 Å². The topological polar surface area (TPSA) is 84.7 Å². The number of hydrogen-bond donors (Lipinski definition) is 1. The summed E-state index contributed by atoms with van der Waals surface area (Å²) in [6.07, 6.45) is 2.28. The Labute approximate surface area is 155 Å². The van der Waals surface area contributed by atoms with E-state index in [1.54, 1.807) is 30.5 Å². The Morgan fingerprint density at radius 1 is 1.11 bits per heavy atom. The molecule has 0 fully saturated rings. The molecule has 1 atom stereocenters. The van der Waals surface area contributed by atoms with Gasteiger partial charge < -0.3 is 14.5 Å². The summed E-state index contributed by atoms with van der Waals surface area (Å²) in [5.74, 6) is 0.788. The number of carbonyl (C=O) groups is 2. The Morgan fingerprint density at radius 2 is 1.96 bits per heavy atom. The van der Waals surface area contributed by atoms with E-state index in [-0.39, 0.29) is 24.9 Å². The van der Waals surface area contributed by atoms with E-state index in [0.29, 0.717) is 17.3 Å². The zero-order valence-corrected chi connectivity index (χ0v) is 14.4. The van der Waals surface area contributed by atoms with Gasteiger partial charge in [-0.3, -0.25) is 14.5 Å². The lowest BCUT2D eigenvalue weighted by Gasteiger charge is -2.33. The predicted molar refractivity (Wildman–Crippen MR) is 97.0 cm³/mol. The van der Waals surface area contributed by atoms with E-state index in [9.17, 15) is 9.59 Å². The summed E-state index contributed by atoms with van der Waals surface area (Å²) in [6.45, 7) is 0.0950. The SMILES string of the molecule is O=C(CN1C(=O)[C@H](c2ccccc2)Oc2cccnc21)NCc1ccco1. The third-order valence-electron chi connectivity index (χ3n) is 4.19. The van der Waals surface area contributed by atoms with Crippen LogP contribution in [0.5, 0.6) is 5.75 Å². The second kappa shape index (κ2) is 7.33. The number of nitrogens with zero attached hydrogens (tertiary/aromatic N) is 2. The van der Waals surface area contributed by atoms with E-state index in [1.807, 2.05) is 30.3 Å². The van der Waals surface area contributed by atoms with Gasteiger partial charge >= 0.3 is 0 Å². The standard InChI is InChI=1S/C20H17N3O4/c24-17(22-12-15-8-5-11-26-15)13-23-19-16(9-4-10-21-19)27-18(20(23)25)14-6-2-1-3-7-14/h1-11,18H,12-13H2,(H,22,24)/t18-/m0/s1. The van der Waals surface area contributed by atoms with Crippen LogP contribution in [-0.2, 0) is 16.1 Å². The normalized spacial score (nSPS) is 15.8. The molecule has 7 nitrogen and oxygen atoms in total. The van der Waals surface area contributed by atoms with Crippen molar-refractivity contribution in [2.24, 2.45) is 0 Å². The number of anilines is 1. The molecule has 7 heteroatoms. The molecule has 1 aromatic carbocycles. The van der Waals surface area contributed by atoms with E-state index < -0.39 is 6.10 Å². The largest absolute Gasteiger partial charge is 0.472 e. The minimum Gasteiger partial charge on any atom is -0.472 e. The van der Waals surface area contributed by atoms with Crippen molar-refractivity contribution in [2.45, 2.75) is 12.6 Å². The molecule has 27 heavy (non-hydrogen) atoms. The molecule has 2 amide bonds. The lowest BCUT2D eigenvalue weighted by molar-refractivity contribution is -0.129. The molecule has 3 aromatic rings. The molecule has 1 N–H and O–H groups in total. The average Bonchev–Trinajstić information content (AvgIpc) is 3.23. The number of ether oxygens (including phenoxy) is 1. The van der Waals surface area contributed by atoms with Crippen molar-refractivity contribution < 1.29 is 18.7 Å². The molecule has 1 aliphatic rings. The first-order valence-electron chi connectivity index (χ1n) is 8.49. The molecule has 0 bridgehead atoms. The minimum atomic E-state index is -0.819. The van der Waals surface area contributed by atoms with E-state index in [4.69, 9.17) is 9.15 Å². The fourth-order valence-electron chi connectivity index (χ4n) is 2.89. The van der Waals surface area contributed by atoms with Gasteiger partial charge in [0.25, 0.3) is 5.91 Å². The highest BCUT2D eigenvalue weighted by Gasteiger charge is 2.37. The first kappa shape index (κ1) is 16.8. The fraction of sp³-hybridized carbons (Fsp3) is 0.150. The molecule has 4 rings (SSSR count). The summed E-state index contributed by atoms with van der Waals surface area (Å²) >= 11 is 0. The summed E-state index contributed by atoms with van der Waals surface area (Å²) < 4.78 is 11.1. The van der Waals surface area contributed by atoms with Gasteiger partial charge in [-0.2, -0.15) is 0 Å². The van der Waals surface area contributed by atoms with Crippen LogP contribution < -0.4 is 15.0 Å². The molecule has 0 aliphatic carbocycles. The lowest BCUT2D eigenvalue weighted by Crippen LogP contribution is -2.46. The number of fused-ring (bicyclic) bond motifs is 1. The van der Waals surface area contributed by atoms with Gasteiger partial charge in [0.1, 0.15) is 12.3 Å². The number of hydrogen-bond acceptors (Lipinski definition) is 5. The summed E-state index contributed by atoms with van der Waals surface area (Å²) in [5, 5.41) is 2.74. The van der Waals surface area contributed by atoms with Gasteiger partial charge in [0, 0.05) is 11.8 Å². The maximum absolute atomic E-state index is 13.0. The molecule has 0 unspecified atom stereocenters. The van der Waals surface area contributed by atoms with Crippen molar-refractivity contribution in [3.63, 3.8) is 0 Å². The molecule has 1 aliphatic heterocycles. The predicted octanol–water partition coefficient (Wildman–Crippen LogP) is 2.46. The third kappa shape index (κ3) is 3.52. The smallest absolute Gasteiger partial charge is 0.274 e. The zero-order valence-electron chi connectivity index (χ0n) is 14.4. The fourth-order valence-corrected chi connectivity index (χ4v) is 2.89. The highest BCUT2D eigenvalue weighted by molar-refractivity contribution is 6.03. The number of aromatic nitrogens is 1. The summed E-state index contributed by atoms with van der Waals surface area (Å²) in [7, 11) is 0. The summed E-state index contributed by atoms with van der Waals surface area (Å²) in [6, 6.07) is 16.2. The molecule has 136 valence electrons. The Balaban J connectivity index is 1.56. The van der Waals surface area contributed by atoms with Crippen LogP contribution in [0.3, 0.4) is 0 Å². The summed E-state index contributed by atoms with van der Waals surface area (Å²) in [4.78, 5) is 31.0. The molecule has 3 heterocycles. The van der Waals surface area contributed by atoms with Crippen LogP contribution in [0, 0.1) is 0 Å². The van der Waals surface area contributed by atoms with Crippen LogP contribution in [0.1, 0.15) is 17.4 Å². The molecule has 0 radical (unpaired) electrons. The Morgan fingerprint density at radius 3 is 2.74 bits per heavy atom. The number of amides is 2. The lowest BCUT2D eigenvalue weighted by atomic mass is 10.1. The number of nitrogens with one attached hydrogen (secondary N) is 1. The maximum Gasteiger partial charge on any atom is 0.274 e. The van der Waals surface area contributed by atoms with Crippen molar-refractivity contribution in [3.05, 3.63) is 78.4 Å². The van der Waals surface area contributed by atoms with Crippen LogP contribution in [-0.4, -0.2) is 23.3 Å². The van der Waals surface area contributed by atoms with Crippen LogP contribution >= 0.6 is 0 Å². The quantitative estimate of drug-likeness (QED) is 0.753. The molecule has 0 spiro atoms. The average molecular weight is 363 g/mol. The number of benzene rings is 1. The van der Waals surface area contributed by atoms with Gasteiger partial charge in [-0.1, -0.05) is 30.3 Å². The summed E-state index contributed by atoms with van der Waals surface area (Å²) in [5.41, 5.74) is 0.720. The number of pyridine rings is 1. The molecule has 0 saturated heterocycles. The van der Waals surface area contributed by atoms with Crippen LogP contribution in [0.25, 0.3) is 0 Å². The highest BCUT2D eigenvalue weighted by atomic mass is 16.5. The molecular weight excluding hydrogens is 346 g/mol. The molecule has 0 saturated carbocycles. The second-order valence-electron chi connectivity index (χ2n) is 6.01. The second-order valence-corrected chi connectivity index (χ2v) is 6.01. The Kier molecular flexibility index (Phi) is 4.57. The molecular formula is C20H17N3O4.